The fourth-order valence-electron chi connectivity index (χ4n) is 5.40. The summed E-state index contributed by atoms with van der Waals surface area (Å²) in [6, 6.07) is 7.30. The molecule has 38 heavy (non-hydrogen) atoms. The minimum Gasteiger partial charge on any atom is -0.331 e. The first kappa shape index (κ1) is 25.0. The van der Waals surface area contributed by atoms with Crippen LogP contribution < -0.4 is 10.2 Å². The van der Waals surface area contributed by atoms with Gasteiger partial charge in [0, 0.05) is 49.8 Å². The van der Waals surface area contributed by atoms with Crippen molar-refractivity contribution >= 4 is 49.6 Å². The molecule has 0 bridgehead atoms. The summed E-state index contributed by atoms with van der Waals surface area (Å²) in [5.74, 6) is 0.977. The number of benzene rings is 1. The van der Waals surface area contributed by atoms with Crippen LogP contribution in [0.2, 0.25) is 0 Å². The van der Waals surface area contributed by atoms with Crippen molar-refractivity contribution < 1.29 is 18.0 Å². The van der Waals surface area contributed by atoms with Gasteiger partial charge in [0.1, 0.15) is 5.82 Å². The monoisotopic (exact) mass is 551 g/mol. The number of hydrogen-bond donors (Lipinski definition) is 1. The number of nitrogens with one attached hydrogen (secondary N) is 1. The Morgan fingerprint density at radius 3 is 2.66 bits per heavy atom. The predicted molar refractivity (Wildman–Crippen MR) is 147 cm³/mol. The summed E-state index contributed by atoms with van der Waals surface area (Å²) in [6.45, 7) is 5.02. The second-order valence-corrected chi connectivity index (χ2v) is 13.4. The molecule has 9 nitrogen and oxygen atoms in total. The minimum atomic E-state index is -3.64. The number of hydrogen-bond acceptors (Lipinski definition) is 8. The van der Waals surface area contributed by atoms with Crippen LogP contribution in [-0.4, -0.2) is 53.9 Å². The molecule has 0 spiro atoms. The summed E-state index contributed by atoms with van der Waals surface area (Å²) in [7, 11) is -3.64. The third-order valence-corrected chi connectivity index (χ3v) is 9.84. The molecule has 2 fully saturated rings. The van der Waals surface area contributed by atoms with Crippen molar-refractivity contribution in [2.75, 3.05) is 23.0 Å². The number of carbonyl (C=O) groups excluding carboxylic acids is 2. The van der Waals surface area contributed by atoms with Crippen molar-refractivity contribution in [2.45, 2.75) is 57.0 Å². The van der Waals surface area contributed by atoms with Crippen LogP contribution in [0.3, 0.4) is 0 Å². The van der Waals surface area contributed by atoms with E-state index in [1.54, 1.807) is 17.2 Å². The van der Waals surface area contributed by atoms with Gasteiger partial charge in [0.25, 0.3) is 5.91 Å². The number of aryl methyl sites for hydroxylation is 1. The molecule has 3 aliphatic rings. The second kappa shape index (κ2) is 9.16. The maximum absolute atomic E-state index is 13.3. The lowest BCUT2D eigenvalue weighted by Crippen LogP contribution is -2.35. The Kier molecular flexibility index (Phi) is 6.03. The molecule has 11 heteroatoms. The van der Waals surface area contributed by atoms with Crippen LogP contribution in [0.15, 0.2) is 35.4 Å². The highest BCUT2D eigenvalue weighted by Crippen LogP contribution is 2.42. The molecule has 0 radical (unpaired) electrons. The number of anilines is 3. The number of carbonyl (C=O) groups is 2. The summed E-state index contributed by atoms with van der Waals surface area (Å²) in [6.07, 6.45) is 6.39. The first-order valence-electron chi connectivity index (χ1n) is 12.8. The fourth-order valence-corrected chi connectivity index (χ4v) is 7.30. The van der Waals surface area contributed by atoms with Crippen LogP contribution in [-0.2, 0) is 21.2 Å². The van der Waals surface area contributed by atoms with Crippen molar-refractivity contribution in [3.63, 3.8) is 0 Å². The molecule has 1 saturated carbocycles. The lowest BCUT2D eigenvalue weighted by atomic mass is 10.0. The molecule has 2 aliphatic heterocycles. The van der Waals surface area contributed by atoms with E-state index in [4.69, 9.17) is 0 Å². The van der Waals surface area contributed by atoms with Gasteiger partial charge < -0.3 is 10.2 Å². The maximum Gasteiger partial charge on any atom is 0.256 e. The summed E-state index contributed by atoms with van der Waals surface area (Å²) in [4.78, 5) is 38.9. The summed E-state index contributed by atoms with van der Waals surface area (Å²) in [5, 5.41) is 3.95. The number of pyridine rings is 1. The van der Waals surface area contributed by atoms with Gasteiger partial charge in [0.05, 0.1) is 21.0 Å². The largest absolute Gasteiger partial charge is 0.331 e. The van der Waals surface area contributed by atoms with E-state index < -0.39 is 9.84 Å². The molecule has 3 aromatic rings. The number of sulfone groups is 1. The van der Waals surface area contributed by atoms with Crippen molar-refractivity contribution in [3.05, 3.63) is 47.3 Å². The number of amides is 2. The SMILES string of the molecule is Cc1nc(Nc2ccnc(N3CCCC3=O)c2)sc1-c1cc2c(c(S(C)(=O)=O)c1)C(=O)N(C(C)C1CC1)C2. The zero-order valence-corrected chi connectivity index (χ0v) is 23.2. The number of thiazole rings is 1. The zero-order chi connectivity index (χ0) is 26.8. The van der Waals surface area contributed by atoms with Gasteiger partial charge in [-0.2, -0.15) is 0 Å². The average molecular weight is 552 g/mol. The molecule has 1 aliphatic carbocycles. The van der Waals surface area contributed by atoms with E-state index >= 15 is 0 Å². The van der Waals surface area contributed by atoms with Gasteiger partial charge in [0.2, 0.25) is 5.91 Å². The first-order chi connectivity index (χ1) is 18.1. The number of aromatic nitrogens is 2. The van der Waals surface area contributed by atoms with E-state index in [-0.39, 0.29) is 22.8 Å². The van der Waals surface area contributed by atoms with E-state index in [2.05, 4.69) is 22.2 Å². The molecular formula is C27H29N5O4S2. The zero-order valence-electron chi connectivity index (χ0n) is 21.5. The van der Waals surface area contributed by atoms with Gasteiger partial charge >= 0.3 is 0 Å². The van der Waals surface area contributed by atoms with Gasteiger partial charge in [-0.25, -0.2) is 18.4 Å². The van der Waals surface area contributed by atoms with Gasteiger partial charge in [-0.15, -0.1) is 0 Å². The third-order valence-electron chi connectivity index (χ3n) is 7.60. The Morgan fingerprint density at radius 1 is 1.18 bits per heavy atom. The van der Waals surface area contributed by atoms with Gasteiger partial charge in [-0.05, 0) is 68.4 Å². The Morgan fingerprint density at radius 2 is 1.97 bits per heavy atom. The molecule has 2 aromatic heterocycles. The average Bonchev–Trinajstić information content (AvgIpc) is 3.41. The van der Waals surface area contributed by atoms with Gasteiger partial charge in [-0.1, -0.05) is 11.3 Å². The van der Waals surface area contributed by atoms with Crippen LogP contribution in [0.4, 0.5) is 16.6 Å². The lowest BCUT2D eigenvalue weighted by Gasteiger charge is -2.24. The Bertz CT molecular complexity index is 1580. The summed E-state index contributed by atoms with van der Waals surface area (Å²) >= 11 is 1.42. The highest BCUT2D eigenvalue weighted by Gasteiger charge is 2.41. The topological polar surface area (TPSA) is 113 Å². The standard InChI is InChI=1S/C27H29N5O4S2/c1-15-25(37-27(29-15)30-20-8-9-28-22(13-20)31-10-4-5-23(31)33)18-11-19-14-32(16(2)17-6-7-17)26(34)24(19)21(12-18)38(3,35)36/h8-9,11-13,16-17H,4-7,10,14H2,1-3H3,(H,28,29,30). The van der Waals surface area contributed by atoms with Crippen LogP contribution in [0.5, 0.6) is 0 Å². The van der Waals surface area contributed by atoms with Gasteiger partial charge in [-0.3, -0.25) is 14.5 Å². The van der Waals surface area contributed by atoms with E-state index in [9.17, 15) is 18.0 Å². The molecule has 1 N–H and O–H groups in total. The van der Waals surface area contributed by atoms with Crippen molar-refractivity contribution in [2.24, 2.45) is 5.92 Å². The smallest absolute Gasteiger partial charge is 0.256 e. The molecule has 4 heterocycles. The van der Waals surface area contributed by atoms with E-state index in [1.807, 2.05) is 30.0 Å². The quantitative estimate of drug-likeness (QED) is 0.459. The molecule has 198 valence electrons. The van der Waals surface area contributed by atoms with E-state index in [0.29, 0.717) is 41.9 Å². The molecule has 6 rings (SSSR count). The first-order valence-corrected chi connectivity index (χ1v) is 15.5. The van der Waals surface area contributed by atoms with E-state index in [1.165, 1.54) is 11.3 Å². The molecule has 2 amide bonds. The third kappa shape index (κ3) is 4.47. The number of rotatable bonds is 7. The molecular weight excluding hydrogens is 522 g/mol. The maximum atomic E-state index is 13.3. The summed E-state index contributed by atoms with van der Waals surface area (Å²) in [5.41, 5.74) is 3.31. The van der Waals surface area contributed by atoms with Crippen LogP contribution in [0.1, 0.15) is 54.2 Å². The lowest BCUT2D eigenvalue weighted by molar-refractivity contribution is -0.117. The van der Waals surface area contributed by atoms with Crippen LogP contribution in [0.25, 0.3) is 10.4 Å². The van der Waals surface area contributed by atoms with Crippen LogP contribution in [0, 0.1) is 12.8 Å². The van der Waals surface area contributed by atoms with Crippen LogP contribution >= 0.6 is 11.3 Å². The van der Waals surface area contributed by atoms with Gasteiger partial charge in [0.15, 0.2) is 15.0 Å². The Labute approximate surface area is 225 Å². The van der Waals surface area contributed by atoms with Crippen molar-refractivity contribution in [3.8, 4) is 10.4 Å². The molecule has 1 unspecified atom stereocenters. The van der Waals surface area contributed by atoms with Crippen molar-refractivity contribution in [1.82, 2.24) is 14.9 Å². The van der Waals surface area contributed by atoms with Crippen molar-refractivity contribution in [1.29, 1.82) is 0 Å². The highest BCUT2D eigenvalue weighted by atomic mass is 32.2. The molecule has 1 atom stereocenters. The molecule has 1 aromatic carbocycles. The van der Waals surface area contributed by atoms with E-state index in [0.717, 1.165) is 52.9 Å². The normalized spacial score (nSPS) is 18.3. The second-order valence-electron chi connectivity index (χ2n) is 10.4. The number of nitrogens with zero attached hydrogens (tertiary/aromatic N) is 4. The Hall–Kier alpha value is -3.31. The Balaban J connectivity index is 1.33. The number of fused-ring (bicyclic) bond motifs is 1. The fraction of sp³-hybridized carbons (Fsp3) is 0.407. The summed E-state index contributed by atoms with van der Waals surface area (Å²) < 4.78 is 25.6. The minimum absolute atomic E-state index is 0.0730. The highest BCUT2D eigenvalue weighted by molar-refractivity contribution is 7.90. The predicted octanol–water partition coefficient (Wildman–Crippen LogP) is 4.54. The molecule has 1 saturated heterocycles.